The van der Waals surface area contributed by atoms with E-state index < -0.39 is 0 Å². The highest BCUT2D eigenvalue weighted by Crippen LogP contribution is 2.34. The van der Waals surface area contributed by atoms with Crippen molar-refractivity contribution in [1.29, 1.82) is 0 Å². The standard InChI is InChI=1S/C20H26N6O.HI/c1-21-20(26-10-8-14(13-26)15-11-23-25(2)12-15)22-9-7-17-16-5-3-4-6-18(16)24-19(17)27;/h3-6,11-12,14,17H,7-10,13H2,1-2H3,(H,21,22)(H,24,27);1H. The average Bonchev–Trinajstić information content (AvgIpc) is 3.38. The number of aliphatic imine (C=N–C) groups is 1. The van der Waals surface area contributed by atoms with Crippen LogP contribution in [-0.4, -0.2) is 53.2 Å². The zero-order valence-electron chi connectivity index (χ0n) is 16.3. The van der Waals surface area contributed by atoms with Crippen LogP contribution < -0.4 is 10.6 Å². The number of hydrogen-bond donors (Lipinski definition) is 2. The Kier molecular flexibility index (Phi) is 6.58. The minimum absolute atomic E-state index is 0. The quantitative estimate of drug-likeness (QED) is 0.389. The summed E-state index contributed by atoms with van der Waals surface area (Å²) in [7, 11) is 3.77. The number of anilines is 1. The first-order valence-corrected chi connectivity index (χ1v) is 9.49. The molecule has 2 aromatic rings. The van der Waals surface area contributed by atoms with Gasteiger partial charge in [-0.25, -0.2) is 0 Å². The van der Waals surface area contributed by atoms with Gasteiger partial charge in [-0.15, -0.1) is 24.0 Å². The maximum atomic E-state index is 12.2. The maximum absolute atomic E-state index is 12.2. The second-order valence-corrected chi connectivity index (χ2v) is 7.27. The first-order valence-electron chi connectivity index (χ1n) is 9.49. The average molecular weight is 494 g/mol. The number of guanidine groups is 1. The molecule has 28 heavy (non-hydrogen) atoms. The molecule has 2 aliphatic rings. The summed E-state index contributed by atoms with van der Waals surface area (Å²) in [5, 5.41) is 10.7. The molecule has 1 amide bonds. The Labute approximate surface area is 182 Å². The Morgan fingerprint density at radius 2 is 2.21 bits per heavy atom. The van der Waals surface area contributed by atoms with Gasteiger partial charge in [0.15, 0.2) is 5.96 Å². The Bertz CT molecular complexity index is 864. The van der Waals surface area contributed by atoms with Crippen molar-refractivity contribution in [2.24, 2.45) is 12.0 Å². The van der Waals surface area contributed by atoms with Crippen molar-refractivity contribution in [1.82, 2.24) is 20.0 Å². The summed E-state index contributed by atoms with van der Waals surface area (Å²) < 4.78 is 1.86. The van der Waals surface area contributed by atoms with Crippen LogP contribution in [0, 0.1) is 0 Å². The molecule has 2 N–H and O–H groups in total. The number of benzene rings is 1. The molecule has 4 rings (SSSR count). The molecule has 1 fully saturated rings. The van der Waals surface area contributed by atoms with E-state index in [1.807, 2.05) is 49.2 Å². The van der Waals surface area contributed by atoms with Gasteiger partial charge in [-0.05, 0) is 30.0 Å². The Morgan fingerprint density at radius 1 is 1.39 bits per heavy atom. The first kappa shape index (κ1) is 20.6. The number of carbonyl (C=O) groups excluding carboxylic acids is 1. The fourth-order valence-electron chi connectivity index (χ4n) is 4.10. The van der Waals surface area contributed by atoms with E-state index in [1.54, 1.807) is 0 Å². The van der Waals surface area contributed by atoms with E-state index in [9.17, 15) is 4.79 Å². The lowest BCUT2D eigenvalue weighted by molar-refractivity contribution is -0.117. The van der Waals surface area contributed by atoms with Crippen LogP contribution in [0.4, 0.5) is 5.69 Å². The van der Waals surface area contributed by atoms with Crippen LogP contribution in [0.25, 0.3) is 0 Å². The number of hydrogen-bond acceptors (Lipinski definition) is 3. The number of nitrogens with one attached hydrogen (secondary N) is 2. The van der Waals surface area contributed by atoms with Crippen LogP contribution >= 0.6 is 24.0 Å². The van der Waals surface area contributed by atoms with Crippen LogP contribution in [0.2, 0.25) is 0 Å². The lowest BCUT2D eigenvalue weighted by Crippen LogP contribution is -2.40. The van der Waals surface area contributed by atoms with E-state index >= 15 is 0 Å². The normalized spacial score (nSPS) is 21.3. The van der Waals surface area contributed by atoms with Gasteiger partial charge in [-0.1, -0.05) is 18.2 Å². The van der Waals surface area contributed by atoms with Crippen molar-refractivity contribution in [2.75, 3.05) is 32.0 Å². The molecule has 0 spiro atoms. The SMILES string of the molecule is CN=C(NCCC1C(=O)Nc2ccccc21)N1CCC(c2cnn(C)c2)C1.I. The molecular weight excluding hydrogens is 467 g/mol. The predicted octanol–water partition coefficient (Wildman–Crippen LogP) is 2.53. The van der Waals surface area contributed by atoms with Gasteiger partial charge in [0.05, 0.1) is 12.1 Å². The van der Waals surface area contributed by atoms with Crippen LogP contribution in [0.5, 0.6) is 0 Å². The second-order valence-electron chi connectivity index (χ2n) is 7.27. The number of nitrogens with zero attached hydrogens (tertiary/aromatic N) is 4. The molecule has 2 atom stereocenters. The molecule has 7 nitrogen and oxygen atoms in total. The molecule has 150 valence electrons. The van der Waals surface area contributed by atoms with E-state index in [0.29, 0.717) is 12.5 Å². The minimum atomic E-state index is -0.0893. The van der Waals surface area contributed by atoms with Gasteiger partial charge in [0.1, 0.15) is 0 Å². The molecule has 0 saturated carbocycles. The van der Waals surface area contributed by atoms with Crippen LogP contribution in [0.1, 0.15) is 35.8 Å². The molecule has 2 unspecified atom stereocenters. The summed E-state index contributed by atoms with van der Waals surface area (Å²) in [6, 6.07) is 7.93. The fourth-order valence-corrected chi connectivity index (χ4v) is 4.10. The Hall–Kier alpha value is -2.10. The van der Waals surface area contributed by atoms with Crippen molar-refractivity contribution in [3.63, 3.8) is 0 Å². The van der Waals surface area contributed by atoms with Gasteiger partial charge in [0.2, 0.25) is 5.91 Å². The fraction of sp³-hybridized carbons (Fsp3) is 0.450. The molecular formula is C20H27IN6O. The van der Waals surface area contributed by atoms with Crippen molar-refractivity contribution >= 4 is 41.5 Å². The topological polar surface area (TPSA) is 74.6 Å². The highest BCUT2D eigenvalue weighted by molar-refractivity contribution is 14.0. The minimum Gasteiger partial charge on any atom is -0.356 e. The van der Waals surface area contributed by atoms with Gasteiger partial charge in [0, 0.05) is 51.5 Å². The lowest BCUT2D eigenvalue weighted by atomic mass is 9.97. The number of carbonyl (C=O) groups is 1. The molecule has 0 bridgehead atoms. The predicted molar refractivity (Wildman–Crippen MR) is 121 cm³/mol. The number of rotatable bonds is 4. The van der Waals surface area contributed by atoms with Gasteiger partial charge in [-0.3, -0.25) is 14.5 Å². The monoisotopic (exact) mass is 494 g/mol. The Morgan fingerprint density at radius 3 is 2.96 bits per heavy atom. The number of halogens is 1. The summed E-state index contributed by atoms with van der Waals surface area (Å²) >= 11 is 0. The van der Waals surface area contributed by atoms with Gasteiger partial charge >= 0.3 is 0 Å². The van der Waals surface area contributed by atoms with E-state index in [2.05, 4.69) is 31.8 Å². The molecule has 8 heteroatoms. The molecule has 2 aliphatic heterocycles. The number of amides is 1. The van der Waals surface area contributed by atoms with Gasteiger partial charge < -0.3 is 15.5 Å². The highest BCUT2D eigenvalue weighted by Gasteiger charge is 2.30. The molecule has 0 radical (unpaired) electrons. The summed E-state index contributed by atoms with van der Waals surface area (Å²) in [5.74, 6) is 1.40. The molecule has 1 aromatic carbocycles. The molecule has 3 heterocycles. The number of para-hydroxylation sites is 1. The second kappa shape index (κ2) is 8.93. The number of fused-ring (bicyclic) bond motifs is 1. The number of aromatic nitrogens is 2. The summed E-state index contributed by atoms with van der Waals surface area (Å²) in [4.78, 5) is 19.0. The zero-order chi connectivity index (χ0) is 18.8. The summed E-state index contributed by atoms with van der Waals surface area (Å²) in [6.45, 7) is 2.64. The smallest absolute Gasteiger partial charge is 0.232 e. The summed E-state index contributed by atoms with van der Waals surface area (Å²) in [6.07, 6.45) is 5.91. The first-order chi connectivity index (χ1) is 13.2. The van der Waals surface area contributed by atoms with E-state index in [0.717, 1.165) is 43.1 Å². The third-order valence-corrected chi connectivity index (χ3v) is 5.52. The van der Waals surface area contributed by atoms with Crippen LogP contribution in [0.15, 0.2) is 41.7 Å². The largest absolute Gasteiger partial charge is 0.356 e. The van der Waals surface area contributed by atoms with Gasteiger partial charge in [0.25, 0.3) is 0 Å². The number of aryl methyl sites for hydroxylation is 1. The molecule has 1 aromatic heterocycles. The van der Waals surface area contributed by atoms with E-state index in [1.165, 1.54) is 5.56 Å². The van der Waals surface area contributed by atoms with E-state index in [4.69, 9.17) is 0 Å². The van der Waals surface area contributed by atoms with Gasteiger partial charge in [-0.2, -0.15) is 5.10 Å². The third kappa shape index (κ3) is 4.16. The Balaban J connectivity index is 0.00000225. The van der Waals surface area contributed by atoms with Crippen molar-refractivity contribution in [3.8, 4) is 0 Å². The third-order valence-electron chi connectivity index (χ3n) is 5.52. The van der Waals surface area contributed by atoms with Crippen molar-refractivity contribution < 1.29 is 4.79 Å². The van der Waals surface area contributed by atoms with Crippen LogP contribution in [-0.2, 0) is 11.8 Å². The van der Waals surface area contributed by atoms with E-state index in [-0.39, 0.29) is 35.8 Å². The molecule has 0 aliphatic carbocycles. The number of likely N-dealkylation sites (tertiary alicyclic amines) is 1. The molecule has 1 saturated heterocycles. The van der Waals surface area contributed by atoms with Crippen LogP contribution in [0.3, 0.4) is 0 Å². The van der Waals surface area contributed by atoms with Crippen molar-refractivity contribution in [2.45, 2.75) is 24.7 Å². The maximum Gasteiger partial charge on any atom is 0.232 e. The lowest BCUT2D eigenvalue weighted by Gasteiger charge is -2.22. The zero-order valence-corrected chi connectivity index (χ0v) is 18.6. The van der Waals surface area contributed by atoms with Crippen molar-refractivity contribution in [3.05, 3.63) is 47.8 Å². The summed E-state index contributed by atoms with van der Waals surface area (Å²) in [5.41, 5.74) is 3.32. The highest BCUT2D eigenvalue weighted by atomic mass is 127.